The van der Waals surface area contributed by atoms with Gasteiger partial charge in [0.15, 0.2) is 0 Å². The summed E-state index contributed by atoms with van der Waals surface area (Å²) in [5, 5.41) is 2.67. The number of carbonyl (C=O) groups excluding carboxylic acids is 3. The number of ether oxygens (including phenoxy) is 1. The second-order valence-electron chi connectivity index (χ2n) is 6.21. The van der Waals surface area contributed by atoms with Crippen molar-refractivity contribution in [1.29, 1.82) is 0 Å². The summed E-state index contributed by atoms with van der Waals surface area (Å²) in [7, 11) is 0. The van der Waals surface area contributed by atoms with Gasteiger partial charge in [0.25, 0.3) is 5.91 Å². The molecule has 0 atom stereocenters. The molecule has 0 saturated carbocycles. The fraction of sp³-hybridized carbons (Fsp3) is 0.438. The van der Waals surface area contributed by atoms with E-state index in [9.17, 15) is 14.4 Å². The highest BCUT2D eigenvalue weighted by Crippen LogP contribution is 2.31. The van der Waals surface area contributed by atoms with Crippen molar-refractivity contribution < 1.29 is 24.0 Å². The Bertz CT molecular complexity index is 666. The van der Waals surface area contributed by atoms with Crippen LogP contribution in [0.1, 0.15) is 38.1 Å². The molecule has 1 aliphatic rings. The van der Waals surface area contributed by atoms with Crippen molar-refractivity contribution in [2.45, 2.75) is 33.3 Å². The van der Waals surface area contributed by atoms with Gasteiger partial charge in [-0.1, -0.05) is 0 Å². The minimum atomic E-state index is -0.699. The van der Waals surface area contributed by atoms with E-state index in [4.69, 9.17) is 9.57 Å². The average Bonchev–Trinajstić information content (AvgIpc) is 2.49. The number of nitrogens with zero attached hydrogens (tertiary/aromatic N) is 1. The summed E-state index contributed by atoms with van der Waals surface area (Å²) < 4.78 is 5.33. The molecule has 3 amide bonds. The normalized spacial score (nSPS) is 13.8. The predicted molar refractivity (Wildman–Crippen MR) is 87.7 cm³/mol. The topological polar surface area (TPSA) is 97.0 Å². The number of rotatable bonds is 3. The molecule has 2 N–H and O–H groups in total. The lowest BCUT2D eigenvalue weighted by Crippen LogP contribution is -2.44. The molecule has 0 bridgehead atoms. The predicted octanol–water partition coefficient (Wildman–Crippen LogP) is 2.06. The molecule has 0 fully saturated rings. The number of hydroxylamine groups is 1. The second-order valence-corrected chi connectivity index (χ2v) is 6.21. The first-order valence-electron chi connectivity index (χ1n) is 7.58. The van der Waals surface area contributed by atoms with Crippen molar-refractivity contribution in [2.75, 3.05) is 23.4 Å². The zero-order valence-corrected chi connectivity index (χ0v) is 14.1. The van der Waals surface area contributed by atoms with Gasteiger partial charge in [0.1, 0.15) is 12.1 Å². The van der Waals surface area contributed by atoms with Gasteiger partial charge >= 0.3 is 6.09 Å². The van der Waals surface area contributed by atoms with Gasteiger partial charge in [-0.3, -0.25) is 19.3 Å². The molecule has 24 heavy (non-hydrogen) atoms. The van der Waals surface area contributed by atoms with Gasteiger partial charge in [0.05, 0.1) is 18.0 Å². The van der Waals surface area contributed by atoms with Gasteiger partial charge in [-0.25, -0.2) is 10.3 Å². The van der Waals surface area contributed by atoms with Gasteiger partial charge in [0, 0.05) is 5.56 Å². The molecule has 1 aliphatic heterocycles. The Hall–Kier alpha value is -2.61. The van der Waals surface area contributed by atoms with E-state index in [0.717, 1.165) is 0 Å². The molecule has 8 heteroatoms. The molecule has 0 aromatic heterocycles. The third-order valence-corrected chi connectivity index (χ3v) is 3.05. The minimum Gasteiger partial charge on any atom is -0.443 e. The Morgan fingerprint density at radius 1 is 1.33 bits per heavy atom. The van der Waals surface area contributed by atoms with Crippen molar-refractivity contribution in [3.8, 4) is 0 Å². The van der Waals surface area contributed by atoms with Crippen LogP contribution in [0, 0.1) is 0 Å². The second kappa shape index (κ2) is 6.88. The standard InChI is InChI=1S/C16H21N3O5/c1-5-23-18-14(21)10-6-7-11-12(8-10)19(9-13(20)17-11)15(22)24-16(2,3)4/h6-8H,5,9H2,1-4H3,(H,17,20)(H,18,21). The van der Waals surface area contributed by atoms with Gasteiger partial charge in [-0.05, 0) is 45.9 Å². The van der Waals surface area contributed by atoms with Crippen LogP contribution in [0.25, 0.3) is 0 Å². The quantitative estimate of drug-likeness (QED) is 0.824. The number of nitrogens with one attached hydrogen (secondary N) is 2. The lowest BCUT2D eigenvalue weighted by molar-refractivity contribution is -0.115. The number of fused-ring (bicyclic) bond motifs is 1. The maximum atomic E-state index is 12.4. The van der Waals surface area contributed by atoms with E-state index in [1.807, 2.05) is 0 Å². The Morgan fingerprint density at radius 3 is 2.67 bits per heavy atom. The molecular formula is C16H21N3O5. The number of amides is 3. The Labute approximate surface area is 140 Å². The SMILES string of the molecule is CCONC(=O)c1ccc2c(c1)N(C(=O)OC(C)(C)C)CC(=O)N2. The fourth-order valence-corrected chi connectivity index (χ4v) is 2.10. The first kappa shape index (κ1) is 17.7. The van der Waals surface area contributed by atoms with Gasteiger partial charge < -0.3 is 10.1 Å². The Morgan fingerprint density at radius 2 is 2.04 bits per heavy atom. The molecule has 0 aliphatic carbocycles. The molecular weight excluding hydrogens is 314 g/mol. The van der Waals surface area contributed by atoms with Gasteiger partial charge in [0.2, 0.25) is 5.91 Å². The van der Waals surface area contributed by atoms with E-state index in [0.29, 0.717) is 23.5 Å². The first-order chi connectivity index (χ1) is 11.2. The fourth-order valence-electron chi connectivity index (χ4n) is 2.10. The number of benzene rings is 1. The lowest BCUT2D eigenvalue weighted by atomic mass is 10.1. The highest BCUT2D eigenvalue weighted by molar-refractivity contribution is 6.09. The van der Waals surface area contributed by atoms with Crippen LogP contribution in [-0.2, 0) is 14.4 Å². The molecule has 1 heterocycles. The third-order valence-electron chi connectivity index (χ3n) is 3.05. The Balaban J connectivity index is 2.32. The summed E-state index contributed by atoms with van der Waals surface area (Å²) in [4.78, 5) is 42.3. The van der Waals surface area contributed by atoms with E-state index in [1.54, 1.807) is 33.8 Å². The lowest BCUT2D eigenvalue weighted by Gasteiger charge is -2.31. The maximum absolute atomic E-state index is 12.4. The first-order valence-corrected chi connectivity index (χ1v) is 7.58. The Kier molecular flexibility index (Phi) is 5.08. The van der Waals surface area contributed by atoms with Crippen LogP contribution in [-0.4, -0.2) is 36.7 Å². The average molecular weight is 335 g/mol. The van der Waals surface area contributed by atoms with Gasteiger partial charge in [-0.15, -0.1) is 0 Å². The minimum absolute atomic E-state index is 0.182. The number of hydrogen-bond donors (Lipinski definition) is 2. The highest BCUT2D eigenvalue weighted by Gasteiger charge is 2.31. The van der Waals surface area contributed by atoms with Gasteiger partial charge in [-0.2, -0.15) is 0 Å². The smallest absolute Gasteiger partial charge is 0.415 e. The summed E-state index contributed by atoms with van der Waals surface area (Å²) >= 11 is 0. The monoisotopic (exact) mass is 335 g/mol. The van der Waals surface area contributed by atoms with Crippen LogP contribution in [0.2, 0.25) is 0 Å². The summed E-state index contributed by atoms with van der Waals surface area (Å²) in [5.74, 6) is -0.777. The van der Waals surface area contributed by atoms with E-state index < -0.39 is 17.6 Å². The zero-order chi connectivity index (χ0) is 17.9. The summed E-state index contributed by atoms with van der Waals surface area (Å²) in [6.45, 7) is 7.10. The number of anilines is 2. The van der Waals surface area contributed by atoms with E-state index in [1.165, 1.54) is 17.0 Å². The molecule has 130 valence electrons. The third kappa shape index (κ3) is 4.23. The number of hydrogen-bond acceptors (Lipinski definition) is 5. The van der Waals surface area contributed by atoms with Crippen LogP contribution in [0.4, 0.5) is 16.2 Å². The van der Waals surface area contributed by atoms with E-state index in [-0.39, 0.29) is 12.5 Å². The number of carbonyl (C=O) groups is 3. The molecule has 0 unspecified atom stereocenters. The van der Waals surface area contributed by atoms with Crippen molar-refractivity contribution in [3.63, 3.8) is 0 Å². The molecule has 0 saturated heterocycles. The van der Waals surface area contributed by atoms with Crippen molar-refractivity contribution in [1.82, 2.24) is 5.48 Å². The summed E-state index contributed by atoms with van der Waals surface area (Å²) in [5.41, 5.74) is 2.72. The van der Waals surface area contributed by atoms with Crippen LogP contribution >= 0.6 is 0 Å². The van der Waals surface area contributed by atoms with Crippen LogP contribution in [0.5, 0.6) is 0 Å². The highest BCUT2D eigenvalue weighted by atomic mass is 16.6. The summed E-state index contributed by atoms with van der Waals surface area (Å²) in [6.07, 6.45) is -0.652. The molecule has 1 aromatic carbocycles. The summed E-state index contributed by atoms with van der Waals surface area (Å²) in [6, 6.07) is 4.60. The van der Waals surface area contributed by atoms with E-state index in [2.05, 4.69) is 10.8 Å². The van der Waals surface area contributed by atoms with Crippen LogP contribution in [0.3, 0.4) is 0 Å². The largest absolute Gasteiger partial charge is 0.443 e. The molecule has 0 spiro atoms. The van der Waals surface area contributed by atoms with Crippen molar-refractivity contribution in [3.05, 3.63) is 23.8 Å². The van der Waals surface area contributed by atoms with Crippen molar-refractivity contribution in [2.24, 2.45) is 0 Å². The molecule has 0 radical (unpaired) electrons. The molecule has 2 rings (SSSR count). The molecule has 1 aromatic rings. The van der Waals surface area contributed by atoms with Crippen LogP contribution < -0.4 is 15.7 Å². The van der Waals surface area contributed by atoms with Crippen LogP contribution in [0.15, 0.2) is 18.2 Å². The van der Waals surface area contributed by atoms with Crippen molar-refractivity contribution >= 4 is 29.3 Å². The zero-order valence-electron chi connectivity index (χ0n) is 14.1. The maximum Gasteiger partial charge on any atom is 0.415 e. The van der Waals surface area contributed by atoms with E-state index >= 15 is 0 Å². The molecule has 8 nitrogen and oxygen atoms in total.